The largest absolute Gasteiger partial charge is 0.459 e. The minimum absolute atomic E-state index is 0.121. The first-order valence-corrected chi connectivity index (χ1v) is 11.6. The second-order valence-corrected chi connectivity index (χ2v) is 10.7. The van der Waals surface area contributed by atoms with Crippen LogP contribution < -0.4 is 11.2 Å². The number of carbonyl (C=O) groups is 1. The minimum Gasteiger partial charge on any atom is -0.459 e. The molecule has 0 radical (unpaired) electrons. The number of alkyl halides is 2. The first-order valence-electron chi connectivity index (χ1n) is 10.8. The highest BCUT2D eigenvalue weighted by molar-refractivity contribution is 7.20. The maximum atomic E-state index is 14.0. The van der Waals surface area contributed by atoms with Gasteiger partial charge in [-0.1, -0.05) is 0 Å². The number of esters is 1. The lowest BCUT2D eigenvalue weighted by molar-refractivity contribution is -0.152. The van der Waals surface area contributed by atoms with Crippen LogP contribution in [0.1, 0.15) is 62.9 Å². The van der Waals surface area contributed by atoms with E-state index in [0.717, 1.165) is 24.2 Å². The summed E-state index contributed by atoms with van der Waals surface area (Å²) >= 11 is 1.16. The minimum atomic E-state index is -2.80. The number of hydrogen-bond donors (Lipinski definition) is 0. The van der Waals surface area contributed by atoms with Gasteiger partial charge in [0.05, 0.1) is 10.3 Å². The van der Waals surface area contributed by atoms with Gasteiger partial charge in [-0.15, -0.1) is 11.3 Å². The van der Waals surface area contributed by atoms with Gasteiger partial charge in [-0.25, -0.2) is 13.6 Å². The molecule has 1 unspecified atom stereocenters. The van der Waals surface area contributed by atoms with Crippen molar-refractivity contribution < 1.29 is 18.3 Å². The van der Waals surface area contributed by atoms with E-state index in [-0.39, 0.29) is 31.1 Å². The van der Waals surface area contributed by atoms with Gasteiger partial charge in [-0.3, -0.25) is 23.7 Å². The van der Waals surface area contributed by atoms with E-state index in [9.17, 15) is 23.2 Å². The van der Waals surface area contributed by atoms with E-state index in [1.165, 1.54) is 15.3 Å². The van der Waals surface area contributed by atoms with Crippen LogP contribution in [0, 0.1) is 12.8 Å². The number of thiophene rings is 1. The molecule has 1 atom stereocenters. The number of halogens is 2. The molecule has 2 aliphatic carbocycles. The molecular weight excluding hydrogens is 440 g/mol. The van der Waals surface area contributed by atoms with E-state index < -0.39 is 29.1 Å². The summed E-state index contributed by atoms with van der Waals surface area (Å²) in [6.45, 7) is 6.74. The van der Waals surface area contributed by atoms with Crippen LogP contribution in [0.2, 0.25) is 0 Å². The van der Waals surface area contributed by atoms with Crippen LogP contribution in [0.5, 0.6) is 0 Å². The molecule has 2 aromatic rings. The summed E-state index contributed by atoms with van der Waals surface area (Å²) in [6.07, 6.45) is 3.11. The average molecular weight is 468 g/mol. The van der Waals surface area contributed by atoms with Gasteiger partial charge < -0.3 is 4.74 Å². The molecular formula is C22H27F2N3O4S. The molecule has 2 heterocycles. The zero-order valence-electron chi connectivity index (χ0n) is 18.6. The Morgan fingerprint density at radius 1 is 1.28 bits per heavy atom. The fourth-order valence-corrected chi connectivity index (χ4v) is 5.11. The maximum Gasteiger partial charge on any atom is 0.332 e. The zero-order chi connectivity index (χ0) is 23.4. The van der Waals surface area contributed by atoms with Gasteiger partial charge in [0.2, 0.25) is 0 Å². The molecule has 0 bridgehead atoms. The van der Waals surface area contributed by atoms with Crippen LogP contribution in [-0.4, -0.2) is 39.4 Å². The predicted octanol–water partition coefficient (Wildman–Crippen LogP) is 3.67. The monoisotopic (exact) mass is 467 g/mol. The van der Waals surface area contributed by atoms with E-state index in [1.54, 1.807) is 27.7 Å². The summed E-state index contributed by atoms with van der Waals surface area (Å²) in [4.78, 5) is 43.3. The molecule has 0 amide bonds. The van der Waals surface area contributed by atoms with Crippen LogP contribution in [0.3, 0.4) is 0 Å². The van der Waals surface area contributed by atoms with Gasteiger partial charge in [-0.05, 0) is 52.5 Å². The molecule has 0 aliphatic heterocycles. The van der Waals surface area contributed by atoms with Crippen molar-refractivity contribution in [3.63, 3.8) is 0 Å². The molecule has 2 fully saturated rings. The quantitative estimate of drug-likeness (QED) is 0.479. The number of aliphatic imine (C=N–C) groups is 1. The molecule has 4 rings (SSSR count). The Labute approximate surface area is 187 Å². The number of ether oxygens (including phenoxy) is 1. The standard InChI is InChI=1S/C22H27F2N3O4S/c1-12-15(9-25-10-16(28)31-21(2,3)4)32-19-17(12)18(29)27(14-5-6-14)20(30)26(19)11-13-7-8-22(13,23)24/h9,13-14H,5-8,10-11H2,1-4H3. The molecule has 32 heavy (non-hydrogen) atoms. The Kier molecular flexibility index (Phi) is 5.63. The van der Waals surface area contributed by atoms with Crippen molar-refractivity contribution >= 4 is 33.7 Å². The highest BCUT2D eigenvalue weighted by Gasteiger charge is 2.48. The highest BCUT2D eigenvalue weighted by Crippen LogP contribution is 2.44. The van der Waals surface area contributed by atoms with Crippen molar-refractivity contribution in [1.82, 2.24) is 9.13 Å². The second-order valence-electron chi connectivity index (χ2n) is 9.62. The Morgan fingerprint density at radius 2 is 1.97 bits per heavy atom. The fourth-order valence-electron chi connectivity index (χ4n) is 3.91. The number of aromatic nitrogens is 2. The normalized spacial score (nSPS) is 20.6. The Balaban J connectivity index is 1.73. The molecule has 7 nitrogen and oxygen atoms in total. The Bertz CT molecular complexity index is 1210. The number of carbonyl (C=O) groups excluding carboxylic acids is 1. The van der Waals surface area contributed by atoms with Crippen molar-refractivity contribution in [2.75, 3.05) is 6.54 Å². The van der Waals surface area contributed by atoms with Gasteiger partial charge in [0, 0.05) is 31.1 Å². The lowest BCUT2D eigenvalue weighted by Gasteiger charge is -2.36. The highest BCUT2D eigenvalue weighted by atomic mass is 32.1. The first-order chi connectivity index (χ1) is 14.9. The molecule has 10 heteroatoms. The van der Waals surface area contributed by atoms with Crippen molar-refractivity contribution in [3.05, 3.63) is 31.3 Å². The lowest BCUT2D eigenvalue weighted by Crippen LogP contribution is -2.46. The van der Waals surface area contributed by atoms with Crippen LogP contribution in [0.25, 0.3) is 10.2 Å². The van der Waals surface area contributed by atoms with E-state index in [4.69, 9.17) is 4.74 Å². The number of aryl methyl sites for hydroxylation is 1. The number of nitrogens with zero attached hydrogens (tertiary/aromatic N) is 3. The van der Waals surface area contributed by atoms with Crippen LogP contribution in [0.4, 0.5) is 8.78 Å². The van der Waals surface area contributed by atoms with E-state index in [1.807, 2.05) is 0 Å². The fraction of sp³-hybridized carbons (Fsp3) is 0.636. The zero-order valence-corrected chi connectivity index (χ0v) is 19.4. The van der Waals surface area contributed by atoms with Gasteiger partial charge in [0.25, 0.3) is 11.5 Å². The van der Waals surface area contributed by atoms with Crippen molar-refractivity contribution in [1.29, 1.82) is 0 Å². The predicted molar refractivity (Wildman–Crippen MR) is 119 cm³/mol. The van der Waals surface area contributed by atoms with E-state index in [2.05, 4.69) is 4.99 Å². The Hall–Kier alpha value is -2.36. The molecule has 2 aromatic heterocycles. The van der Waals surface area contributed by atoms with Crippen molar-refractivity contribution in [3.8, 4) is 0 Å². The number of hydrogen-bond acceptors (Lipinski definition) is 6. The topological polar surface area (TPSA) is 82.7 Å². The van der Waals surface area contributed by atoms with Gasteiger partial charge >= 0.3 is 11.7 Å². The third-order valence-corrected chi connectivity index (χ3v) is 7.12. The molecule has 0 aromatic carbocycles. The summed E-state index contributed by atoms with van der Waals surface area (Å²) in [5, 5.41) is 0.364. The van der Waals surface area contributed by atoms with Crippen molar-refractivity contribution in [2.45, 2.75) is 77.5 Å². The Morgan fingerprint density at radius 3 is 2.50 bits per heavy atom. The molecule has 174 valence electrons. The van der Waals surface area contributed by atoms with Gasteiger partial charge in [-0.2, -0.15) is 0 Å². The van der Waals surface area contributed by atoms with Crippen LogP contribution in [0.15, 0.2) is 14.6 Å². The molecule has 0 N–H and O–H groups in total. The third-order valence-electron chi connectivity index (χ3n) is 5.87. The van der Waals surface area contributed by atoms with Crippen LogP contribution in [-0.2, 0) is 16.1 Å². The molecule has 0 saturated heterocycles. The van der Waals surface area contributed by atoms with Gasteiger partial charge in [0.1, 0.15) is 17.0 Å². The van der Waals surface area contributed by atoms with Crippen LogP contribution >= 0.6 is 11.3 Å². The second kappa shape index (κ2) is 7.90. The number of rotatable bonds is 6. The van der Waals surface area contributed by atoms with Gasteiger partial charge in [0.15, 0.2) is 0 Å². The average Bonchev–Trinajstić information content (AvgIpc) is 3.43. The first kappa shape index (κ1) is 22.8. The third kappa shape index (κ3) is 4.29. The summed E-state index contributed by atoms with van der Waals surface area (Å²) in [5.41, 5.74) is -0.893. The molecule has 2 saturated carbocycles. The summed E-state index contributed by atoms with van der Waals surface area (Å²) in [6, 6.07) is -0.170. The molecule has 2 aliphatic rings. The SMILES string of the molecule is Cc1c(C=NCC(=O)OC(C)(C)C)sc2c1c(=O)n(C1CC1)c(=O)n2CC1CCC1(F)F. The molecule has 0 spiro atoms. The number of fused-ring (bicyclic) bond motifs is 1. The van der Waals surface area contributed by atoms with E-state index >= 15 is 0 Å². The summed E-state index contributed by atoms with van der Waals surface area (Å²) in [7, 11) is 0. The van der Waals surface area contributed by atoms with Crippen molar-refractivity contribution in [2.24, 2.45) is 10.9 Å². The summed E-state index contributed by atoms with van der Waals surface area (Å²) < 4.78 is 35.7. The lowest BCUT2D eigenvalue weighted by atomic mass is 9.81. The smallest absolute Gasteiger partial charge is 0.332 e. The van der Waals surface area contributed by atoms with E-state index in [0.29, 0.717) is 27.1 Å². The summed E-state index contributed by atoms with van der Waals surface area (Å²) in [5.74, 6) is -4.19. The maximum absolute atomic E-state index is 14.0.